The summed E-state index contributed by atoms with van der Waals surface area (Å²) in [7, 11) is 0. The Morgan fingerprint density at radius 2 is 1.46 bits per heavy atom. The number of hydrogen-bond donors (Lipinski definition) is 1. The lowest BCUT2D eigenvalue weighted by Gasteiger charge is -2.35. The van der Waals surface area contributed by atoms with Crippen LogP contribution in [0.3, 0.4) is 0 Å². The number of piperazine rings is 1. The van der Waals surface area contributed by atoms with Gasteiger partial charge in [0.15, 0.2) is 0 Å². The summed E-state index contributed by atoms with van der Waals surface area (Å²) in [6, 6.07) is 6.01. The van der Waals surface area contributed by atoms with E-state index in [1.54, 1.807) is 0 Å². The second-order valence-electron chi connectivity index (χ2n) is 7.46. The van der Waals surface area contributed by atoms with E-state index in [2.05, 4.69) is 15.1 Å². The standard InChI is InChI=1S/C20H30N4O2/c1-16-6-5-7-17(2)20(16)21-18(25)14-23-10-12-24(13-11-23)19(26)15-22-8-3-4-9-22/h5-7H,3-4,8-15H2,1-2H3,(H,21,25). The fraction of sp³-hybridized carbons (Fsp3) is 0.600. The number of carbonyl (C=O) groups is 2. The first kappa shape index (κ1) is 18.9. The van der Waals surface area contributed by atoms with Crippen molar-refractivity contribution in [2.75, 3.05) is 57.7 Å². The minimum atomic E-state index is 0.0132. The van der Waals surface area contributed by atoms with E-state index in [0.29, 0.717) is 26.2 Å². The topological polar surface area (TPSA) is 55.9 Å². The van der Waals surface area contributed by atoms with Gasteiger partial charge in [0.25, 0.3) is 0 Å². The molecule has 6 nitrogen and oxygen atoms in total. The number of para-hydroxylation sites is 1. The van der Waals surface area contributed by atoms with Crippen molar-refractivity contribution in [3.05, 3.63) is 29.3 Å². The lowest BCUT2D eigenvalue weighted by Crippen LogP contribution is -2.52. The molecule has 1 aromatic carbocycles. The molecule has 142 valence electrons. The second-order valence-corrected chi connectivity index (χ2v) is 7.46. The molecule has 0 saturated carbocycles. The van der Waals surface area contributed by atoms with Gasteiger partial charge in [-0.3, -0.25) is 19.4 Å². The number of anilines is 1. The summed E-state index contributed by atoms with van der Waals surface area (Å²) >= 11 is 0. The van der Waals surface area contributed by atoms with Crippen LogP contribution in [0.15, 0.2) is 18.2 Å². The van der Waals surface area contributed by atoms with E-state index in [4.69, 9.17) is 0 Å². The zero-order chi connectivity index (χ0) is 18.5. The van der Waals surface area contributed by atoms with Crippen molar-refractivity contribution in [3.8, 4) is 0 Å². The number of carbonyl (C=O) groups excluding carboxylic acids is 2. The fourth-order valence-corrected chi connectivity index (χ4v) is 3.78. The van der Waals surface area contributed by atoms with Gasteiger partial charge in [0.2, 0.25) is 11.8 Å². The SMILES string of the molecule is Cc1cccc(C)c1NC(=O)CN1CCN(C(=O)CN2CCCC2)CC1. The van der Waals surface area contributed by atoms with Crippen LogP contribution in [-0.4, -0.2) is 78.9 Å². The molecule has 2 saturated heterocycles. The van der Waals surface area contributed by atoms with Gasteiger partial charge in [-0.15, -0.1) is 0 Å². The molecule has 2 fully saturated rings. The largest absolute Gasteiger partial charge is 0.339 e. The van der Waals surface area contributed by atoms with Gasteiger partial charge in [-0.05, 0) is 50.9 Å². The predicted octanol–water partition coefficient (Wildman–Crippen LogP) is 1.48. The van der Waals surface area contributed by atoms with Gasteiger partial charge in [0.1, 0.15) is 0 Å². The second kappa shape index (κ2) is 8.64. The highest BCUT2D eigenvalue weighted by atomic mass is 16.2. The Hall–Kier alpha value is -1.92. The number of amides is 2. The highest BCUT2D eigenvalue weighted by Gasteiger charge is 2.24. The third-order valence-electron chi connectivity index (χ3n) is 5.40. The molecule has 0 atom stereocenters. The van der Waals surface area contributed by atoms with Crippen LogP contribution in [0.1, 0.15) is 24.0 Å². The molecule has 26 heavy (non-hydrogen) atoms. The first-order chi connectivity index (χ1) is 12.5. The number of benzene rings is 1. The summed E-state index contributed by atoms with van der Waals surface area (Å²) in [6.07, 6.45) is 2.41. The van der Waals surface area contributed by atoms with Crippen LogP contribution < -0.4 is 5.32 Å². The molecule has 2 amide bonds. The number of likely N-dealkylation sites (tertiary alicyclic amines) is 1. The van der Waals surface area contributed by atoms with Crippen LogP contribution in [-0.2, 0) is 9.59 Å². The van der Waals surface area contributed by atoms with Crippen molar-refractivity contribution in [1.29, 1.82) is 0 Å². The molecule has 0 aromatic heterocycles. The van der Waals surface area contributed by atoms with Gasteiger partial charge in [-0.2, -0.15) is 0 Å². The van der Waals surface area contributed by atoms with E-state index in [0.717, 1.165) is 43.0 Å². The number of aryl methyl sites for hydroxylation is 2. The molecule has 0 bridgehead atoms. The number of hydrogen-bond acceptors (Lipinski definition) is 4. The Labute approximate surface area is 156 Å². The summed E-state index contributed by atoms with van der Waals surface area (Å²) in [5.41, 5.74) is 3.07. The summed E-state index contributed by atoms with van der Waals surface area (Å²) in [4.78, 5) is 31.1. The van der Waals surface area contributed by atoms with Crippen LogP contribution >= 0.6 is 0 Å². The Balaban J connectivity index is 1.43. The highest BCUT2D eigenvalue weighted by molar-refractivity contribution is 5.93. The Morgan fingerprint density at radius 3 is 2.08 bits per heavy atom. The van der Waals surface area contributed by atoms with Crippen LogP contribution in [0.25, 0.3) is 0 Å². The van der Waals surface area contributed by atoms with Crippen molar-refractivity contribution in [3.63, 3.8) is 0 Å². The lowest BCUT2D eigenvalue weighted by atomic mass is 10.1. The molecule has 2 aliphatic rings. The van der Waals surface area contributed by atoms with Crippen LogP contribution in [0.2, 0.25) is 0 Å². The van der Waals surface area contributed by atoms with Crippen molar-refractivity contribution in [2.24, 2.45) is 0 Å². The van der Waals surface area contributed by atoms with Gasteiger partial charge < -0.3 is 10.2 Å². The van der Waals surface area contributed by atoms with Crippen LogP contribution in [0, 0.1) is 13.8 Å². The average Bonchev–Trinajstić information content (AvgIpc) is 3.12. The smallest absolute Gasteiger partial charge is 0.238 e. The molecule has 0 unspecified atom stereocenters. The van der Waals surface area contributed by atoms with Crippen molar-refractivity contribution in [2.45, 2.75) is 26.7 Å². The zero-order valence-electron chi connectivity index (χ0n) is 16.0. The summed E-state index contributed by atoms with van der Waals surface area (Å²) in [5, 5.41) is 3.04. The van der Waals surface area contributed by atoms with E-state index >= 15 is 0 Å². The van der Waals surface area contributed by atoms with Crippen molar-refractivity contribution in [1.82, 2.24) is 14.7 Å². The van der Waals surface area contributed by atoms with E-state index in [-0.39, 0.29) is 11.8 Å². The number of nitrogens with zero attached hydrogens (tertiary/aromatic N) is 3. The Bertz CT molecular complexity index is 627. The normalized spacial score (nSPS) is 18.9. The molecule has 2 heterocycles. The van der Waals surface area contributed by atoms with E-state index < -0.39 is 0 Å². The highest BCUT2D eigenvalue weighted by Crippen LogP contribution is 2.19. The van der Waals surface area contributed by atoms with Gasteiger partial charge >= 0.3 is 0 Å². The minimum absolute atomic E-state index is 0.0132. The predicted molar refractivity (Wildman–Crippen MR) is 103 cm³/mol. The molecular formula is C20H30N4O2. The summed E-state index contributed by atoms with van der Waals surface area (Å²) in [5.74, 6) is 0.241. The maximum Gasteiger partial charge on any atom is 0.238 e. The Kier molecular flexibility index (Phi) is 6.27. The fourth-order valence-electron chi connectivity index (χ4n) is 3.78. The molecule has 1 aromatic rings. The van der Waals surface area contributed by atoms with Gasteiger partial charge in [-0.25, -0.2) is 0 Å². The molecule has 0 radical (unpaired) electrons. The Morgan fingerprint density at radius 1 is 0.885 bits per heavy atom. The van der Waals surface area contributed by atoms with Gasteiger partial charge in [0.05, 0.1) is 13.1 Å². The summed E-state index contributed by atoms with van der Waals surface area (Å²) < 4.78 is 0. The molecule has 3 rings (SSSR count). The van der Waals surface area contributed by atoms with E-state index in [9.17, 15) is 9.59 Å². The van der Waals surface area contributed by atoms with Crippen LogP contribution in [0.4, 0.5) is 5.69 Å². The monoisotopic (exact) mass is 358 g/mol. The summed E-state index contributed by atoms with van der Waals surface area (Å²) in [6.45, 7) is 9.97. The maximum atomic E-state index is 12.4. The molecule has 0 aliphatic carbocycles. The molecule has 0 spiro atoms. The zero-order valence-corrected chi connectivity index (χ0v) is 16.0. The van der Waals surface area contributed by atoms with E-state index in [1.807, 2.05) is 36.9 Å². The molecular weight excluding hydrogens is 328 g/mol. The first-order valence-electron chi connectivity index (χ1n) is 9.61. The first-order valence-corrected chi connectivity index (χ1v) is 9.61. The third kappa shape index (κ3) is 4.83. The van der Waals surface area contributed by atoms with E-state index in [1.165, 1.54) is 12.8 Å². The van der Waals surface area contributed by atoms with Crippen molar-refractivity contribution < 1.29 is 9.59 Å². The van der Waals surface area contributed by atoms with Crippen LogP contribution in [0.5, 0.6) is 0 Å². The lowest BCUT2D eigenvalue weighted by molar-refractivity contribution is -0.134. The maximum absolute atomic E-state index is 12.4. The molecule has 2 aliphatic heterocycles. The van der Waals surface area contributed by atoms with Gasteiger partial charge in [0, 0.05) is 31.9 Å². The van der Waals surface area contributed by atoms with Gasteiger partial charge in [-0.1, -0.05) is 18.2 Å². The third-order valence-corrected chi connectivity index (χ3v) is 5.40. The average molecular weight is 358 g/mol. The minimum Gasteiger partial charge on any atom is -0.339 e. The quantitative estimate of drug-likeness (QED) is 0.866. The number of nitrogens with one attached hydrogen (secondary N) is 1. The molecule has 6 heteroatoms. The molecule has 1 N–H and O–H groups in total. The van der Waals surface area contributed by atoms with Crippen molar-refractivity contribution >= 4 is 17.5 Å². The number of rotatable bonds is 5.